The van der Waals surface area contributed by atoms with Crippen molar-refractivity contribution in [2.45, 2.75) is 20.0 Å². The van der Waals surface area contributed by atoms with E-state index in [9.17, 15) is 4.79 Å². The zero-order chi connectivity index (χ0) is 15.3. The molecule has 0 bridgehead atoms. The summed E-state index contributed by atoms with van der Waals surface area (Å²) in [5, 5.41) is 9.52. The maximum atomic E-state index is 12.8. The first-order valence-electron chi connectivity index (χ1n) is 7.09. The number of halogens is 1. The molecule has 0 fully saturated rings. The molecule has 1 aliphatic heterocycles. The fraction of sp³-hybridized carbons (Fsp3) is 0.267. The standard InChI is InChI=1S/C15H14ClN5O/c1-9-18-19-12-8-20(6-7-21(9)12)15(22)14-13(16)10-4-2-3-5-11(10)17-14/h2-5,17H,6-8H2,1H3. The van der Waals surface area contributed by atoms with Gasteiger partial charge in [0.25, 0.3) is 5.91 Å². The van der Waals surface area contributed by atoms with Crippen molar-refractivity contribution in [1.82, 2.24) is 24.6 Å². The normalized spacial score (nSPS) is 14.4. The van der Waals surface area contributed by atoms with Gasteiger partial charge in [-0.2, -0.15) is 0 Å². The van der Waals surface area contributed by atoms with E-state index in [-0.39, 0.29) is 5.91 Å². The van der Waals surface area contributed by atoms with Crippen molar-refractivity contribution in [2.24, 2.45) is 0 Å². The summed E-state index contributed by atoms with van der Waals surface area (Å²) in [4.78, 5) is 17.6. The van der Waals surface area contributed by atoms with Crippen LogP contribution in [0.15, 0.2) is 24.3 Å². The maximum absolute atomic E-state index is 12.8. The number of hydrogen-bond donors (Lipinski definition) is 1. The molecule has 3 aromatic rings. The van der Waals surface area contributed by atoms with Gasteiger partial charge in [0.2, 0.25) is 0 Å². The number of fused-ring (bicyclic) bond motifs is 2. The zero-order valence-electron chi connectivity index (χ0n) is 12.0. The largest absolute Gasteiger partial charge is 0.349 e. The summed E-state index contributed by atoms with van der Waals surface area (Å²) in [5.74, 6) is 1.59. The van der Waals surface area contributed by atoms with Gasteiger partial charge in [0.1, 0.15) is 11.5 Å². The predicted molar refractivity (Wildman–Crippen MR) is 82.8 cm³/mol. The number of para-hydroxylation sites is 1. The van der Waals surface area contributed by atoms with E-state index < -0.39 is 0 Å². The van der Waals surface area contributed by atoms with Crippen LogP contribution in [0.25, 0.3) is 10.9 Å². The number of aromatic amines is 1. The summed E-state index contributed by atoms with van der Waals surface area (Å²) in [6.45, 7) is 3.70. The van der Waals surface area contributed by atoms with Gasteiger partial charge in [-0.05, 0) is 13.0 Å². The number of H-pyrrole nitrogens is 1. The molecule has 0 saturated heterocycles. The van der Waals surface area contributed by atoms with Gasteiger partial charge in [-0.15, -0.1) is 10.2 Å². The van der Waals surface area contributed by atoms with Crippen LogP contribution < -0.4 is 0 Å². The SMILES string of the molecule is Cc1nnc2n1CCN(C(=O)c1[nH]c3ccccc3c1Cl)C2. The van der Waals surface area contributed by atoms with E-state index >= 15 is 0 Å². The molecule has 22 heavy (non-hydrogen) atoms. The maximum Gasteiger partial charge on any atom is 0.272 e. The minimum Gasteiger partial charge on any atom is -0.349 e. The molecular formula is C15H14ClN5O. The molecule has 1 N–H and O–H groups in total. The molecule has 6 nitrogen and oxygen atoms in total. The molecule has 7 heteroatoms. The Kier molecular flexibility index (Phi) is 2.94. The highest BCUT2D eigenvalue weighted by atomic mass is 35.5. The monoisotopic (exact) mass is 315 g/mol. The van der Waals surface area contributed by atoms with Gasteiger partial charge < -0.3 is 14.5 Å². The highest BCUT2D eigenvalue weighted by Crippen LogP contribution is 2.28. The Morgan fingerprint density at radius 2 is 2.09 bits per heavy atom. The lowest BCUT2D eigenvalue weighted by Crippen LogP contribution is -2.38. The van der Waals surface area contributed by atoms with Gasteiger partial charge in [-0.25, -0.2) is 0 Å². The van der Waals surface area contributed by atoms with Crippen LogP contribution in [0.3, 0.4) is 0 Å². The first-order chi connectivity index (χ1) is 10.6. The molecule has 3 heterocycles. The summed E-state index contributed by atoms with van der Waals surface area (Å²) in [6, 6.07) is 7.63. The van der Waals surface area contributed by atoms with Crippen LogP contribution in [-0.2, 0) is 13.1 Å². The van der Waals surface area contributed by atoms with Gasteiger partial charge in [0.05, 0.1) is 11.6 Å². The number of rotatable bonds is 1. The minimum atomic E-state index is -0.104. The zero-order valence-corrected chi connectivity index (χ0v) is 12.8. The van der Waals surface area contributed by atoms with Crippen molar-refractivity contribution < 1.29 is 4.79 Å². The van der Waals surface area contributed by atoms with Crippen molar-refractivity contribution in [3.8, 4) is 0 Å². The Morgan fingerprint density at radius 3 is 2.91 bits per heavy atom. The molecule has 0 atom stereocenters. The van der Waals surface area contributed by atoms with Crippen molar-refractivity contribution in [1.29, 1.82) is 0 Å². The number of aromatic nitrogens is 4. The molecule has 0 unspecified atom stereocenters. The second-order valence-corrected chi connectivity index (χ2v) is 5.78. The second kappa shape index (κ2) is 4.84. The van der Waals surface area contributed by atoms with Crippen LogP contribution in [0.5, 0.6) is 0 Å². The third kappa shape index (κ3) is 1.91. The minimum absolute atomic E-state index is 0.104. The summed E-state index contributed by atoms with van der Waals surface area (Å²) in [6.07, 6.45) is 0. The van der Waals surface area contributed by atoms with Crippen molar-refractivity contribution in [2.75, 3.05) is 6.54 Å². The second-order valence-electron chi connectivity index (χ2n) is 5.40. The van der Waals surface area contributed by atoms with Crippen LogP contribution in [-0.4, -0.2) is 37.1 Å². The van der Waals surface area contributed by atoms with E-state index in [1.54, 1.807) is 4.90 Å². The molecule has 112 valence electrons. The lowest BCUT2D eigenvalue weighted by atomic mass is 10.2. The van der Waals surface area contributed by atoms with Crippen molar-refractivity contribution >= 4 is 28.4 Å². The first kappa shape index (κ1) is 13.3. The lowest BCUT2D eigenvalue weighted by molar-refractivity contribution is 0.0702. The Bertz CT molecular complexity index is 881. The van der Waals surface area contributed by atoms with E-state index in [0.29, 0.717) is 30.4 Å². The van der Waals surface area contributed by atoms with Crippen molar-refractivity contribution in [3.63, 3.8) is 0 Å². The average molecular weight is 316 g/mol. The third-order valence-corrected chi connectivity index (χ3v) is 4.47. The molecule has 4 rings (SSSR count). The number of hydrogen-bond acceptors (Lipinski definition) is 3. The van der Waals surface area contributed by atoms with Crippen LogP contribution in [0.4, 0.5) is 0 Å². The predicted octanol–water partition coefficient (Wildman–Crippen LogP) is 2.38. The van der Waals surface area contributed by atoms with E-state index in [1.807, 2.05) is 35.8 Å². The highest BCUT2D eigenvalue weighted by molar-refractivity contribution is 6.38. The smallest absolute Gasteiger partial charge is 0.272 e. The van der Waals surface area contributed by atoms with Crippen LogP contribution in [0.2, 0.25) is 5.02 Å². The molecule has 2 aromatic heterocycles. The number of nitrogens with zero attached hydrogens (tertiary/aromatic N) is 4. The summed E-state index contributed by atoms with van der Waals surface area (Å²) < 4.78 is 2.04. The van der Waals surface area contributed by atoms with Gasteiger partial charge >= 0.3 is 0 Å². The van der Waals surface area contributed by atoms with Crippen molar-refractivity contribution in [3.05, 3.63) is 46.6 Å². The first-order valence-corrected chi connectivity index (χ1v) is 7.47. The van der Waals surface area contributed by atoms with Crippen LogP contribution in [0.1, 0.15) is 22.1 Å². The fourth-order valence-corrected chi connectivity index (χ4v) is 3.18. The van der Waals surface area contributed by atoms with Gasteiger partial charge in [0.15, 0.2) is 5.82 Å². The fourth-order valence-electron chi connectivity index (χ4n) is 2.89. The summed E-state index contributed by atoms with van der Waals surface area (Å²) in [7, 11) is 0. The van der Waals surface area contributed by atoms with Gasteiger partial charge in [-0.3, -0.25) is 4.79 Å². The van der Waals surface area contributed by atoms with E-state index in [4.69, 9.17) is 11.6 Å². The van der Waals surface area contributed by atoms with Crippen LogP contribution in [0, 0.1) is 6.92 Å². The molecule has 1 aromatic carbocycles. The number of carbonyl (C=O) groups is 1. The van der Waals surface area contributed by atoms with E-state index in [0.717, 1.165) is 22.6 Å². The summed E-state index contributed by atoms with van der Waals surface area (Å²) in [5.41, 5.74) is 1.31. The average Bonchev–Trinajstić information content (AvgIpc) is 3.08. The number of amides is 1. The molecule has 0 spiro atoms. The Labute approximate surface area is 131 Å². The quantitative estimate of drug-likeness (QED) is 0.749. The van der Waals surface area contributed by atoms with E-state index in [2.05, 4.69) is 15.2 Å². The number of nitrogens with one attached hydrogen (secondary N) is 1. The molecule has 1 aliphatic rings. The Morgan fingerprint density at radius 1 is 1.27 bits per heavy atom. The Hall–Kier alpha value is -2.34. The molecule has 0 saturated carbocycles. The van der Waals surface area contributed by atoms with E-state index in [1.165, 1.54) is 0 Å². The van der Waals surface area contributed by atoms with Crippen LogP contribution >= 0.6 is 11.6 Å². The Balaban J connectivity index is 1.68. The number of benzene rings is 1. The third-order valence-electron chi connectivity index (χ3n) is 4.08. The molecular weight excluding hydrogens is 302 g/mol. The van der Waals surface area contributed by atoms with Gasteiger partial charge in [-0.1, -0.05) is 29.8 Å². The molecule has 0 aliphatic carbocycles. The lowest BCUT2D eigenvalue weighted by Gasteiger charge is -2.27. The summed E-state index contributed by atoms with van der Waals surface area (Å²) >= 11 is 6.36. The molecule has 1 amide bonds. The molecule has 0 radical (unpaired) electrons. The number of aryl methyl sites for hydroxylation is 1. The topological polar surface area (TPSA) is 66.8 Å². The highest BCUT2D eigenvalue weighted by Gasteiger charge is 2.27. The van der Waals surface area contributed by atoms with Gasteiger partial charge in [0, 0.05) is 24.0 Å². The number of carbonyl (C=O) groups excluding carboxylic acids is 1.